The van der Waals surface area contributed by atoms with Crippen molar-refractivity contribution in [3.63, 3.8) is 0 Å². The SMILES string of the molecule is COCC[C@H]1CCCCN1C(=O)c1ccc(C)cc1OCCCN. The lowest BCUT2D eigenvalue weighted by molar-refractivity contribution is 0.0549. The van der Waals surface area contributed by atoms with Crippen molar-refractivity contribution in [2.24, 2.45) is 5.73 Å². The highest BCUT2D eigenvalue weighted by Gasteiger charge is 2.28. The van der Waals surface area contributed by atoms with E-state index in [1.807, 2.05) is 30.0 Å². The number of nitrogens with two attached hydrogens (primary N) is 1. The molecule has 0 aromatic heterocycles. The maximum Gasteiger partial charge on any atom is 0.257 e. The summed E-state index contributed by atoms with van der Waals surface area (Å²) in [6.07, 6.45) is 4.94. The fraction of sp³-hybridized carbons (Fsp3) is 0.632. The van der Waals surface area contributed by atoms with Gasteiger partial charge in [0.25, 0.3) is 5.91 Å². The third kappa shape index (κ3) is 4.95. The van der Waals surface area contributed by atoms with Crippen LogP contribution in [0.4, 0.5) is 0 Å². The highest BCUT2D eigenvalue weighted by Crippen LogP contribution is 2.27. The van der Waals surface area contributed by atoms with Crippen LogP contribution in [0.1, 0.15) is 48.0 Å². The van der Waals surface area contributed by atoms with Gasteiger partial charge < -0.3 is 20.1 Å². The molecule has 1 aliphatic rings. The van der Waals surface area contributed by atoms with E-state index in [0.29, 0.717) is 31.1 Å². The van der Waals surface area contributed by atoms with Gasteiger partial charge in [0.1, 0.15) is 5.75 Å². The van der Waals surface area contributed by atoms with E-state index >= 15 is 0 Å². The van der Waals surface area contributed by atoms with Crippen molar-refractivity contribution < 1.29 is 14.3 Å². The van der Waals surface area contributed by atoms with Gasteiger partial charge >= 0.3 is 0 Å². The third-order valence-electron chi connectivity index (χ3n) is 4.52. The van der Waals surface area contributed by atoms with Crippen LogP contribution in [0.15, 0.2) is 18.2 Å². The molecule has 1 saturated heterocycles. The molecule has 1 aromatic rings. The monoisotopic (exact) mass is 334 g/mol. The van der Waals surface area contributed by atoms with Gasteiger partial charge in [0, 0.05) is 26.3 Å². The summed E-state index contributed by atoms with van der Waals surface area (Å²) >= 11 is 0. The number of amides is 1. The number of carbonyl (C=O) groups excluding carboxylic acids is 1. The summed E-state index contributed by atoms with van der Waals surface area (Å²) in [5, 5.41) is 0. The molecule has 5 heteroatoms. The number of methoxy groups -OCH3 is 1. The first-order valence-corrected chi connectivity index (χ1v) is 8.90. The van der Waals surface area contributed by atoms with Crippen molar-refractivity contribution in [3.8, 4) is 5.75 Å². The first-order valence-electron chi connectivity index (χ1n) is 8.90. The molecule has 1 atom stereocenters. The maximum atomic E-state index is 13.1. The van der Waals surface area contributed by atoms with E-state index in [0.717, 1.165) is 37.8 Å². The van der Waals surface area contributed by atoms with Crippen molar-refractivity contribution in [1.82, 2.24) is 4.90 Å². The Morgan fingerprint density at radius 3 is 2.92 bits per heavy atom. The number of carbonyl (C=O) groups is 1. The molecular weight excluding hydrogens is 304 g/mol. The van der Waals surface area contributed by atoms with Gasteiger partial charge in [-0.15, -0.1) is 0 Å². The lowest BCUT2D eigenvalue weighted by atomic mass is 9.98. The smallest absolute Gasteiger partial charge is 0.257 e. The van der Waals surface area contributed by atoms with E-state index in [-0.39, 0.29) is 11.9 Å². The van der Waals surface area contributed by atoms with Crippen molar-refractivity contribution in [2.45, 2.75) is 45.1 Å². The molecule has 1 fully saturated rings. The van der Waals surface area contributed by atoms with Gasteiger partial charge in [-0.1, -0.05) is 6.07 Å². The molecule has 1 heterocycles. The molecule has 0 saturated carbocycles. The Hall–Kier alpha value is -1.59. The minimum atomic E-state index is 0.0681. The van der Waals surface area contributed by atoms with Crippen LogP contribution in [0.3, 0.4) is 0 Å². The summed E-state index contributed by atoms with van der Waals surface area (Å²) in [4.78, 5) is 15.1. The Morgan fingerprint density at radius 1 is 1.33 bits per heavy atom. The number of ether oxygens (including phenoxy) is 2. The fourth-order valence-corrected chi connectivity index (χ4v) is 3.17. The molecule has 2 rings (SSSR count). The van der Waals surface area contributed by atoms with Crippen LogP contribution in [-0.2, 0) is 4.74 Å². The molecule has 1 aromatic carbocycles. The molecule has 1 aliphatic heterocycles. The summed E-state index contributed by atoms with van der Waals surface area (Å²) in [6, 6.07) is 6.05. The number of aryl methyl sites for hydroxylation is 1. The fourth-order valence-electron chi connectivity index (χ4n) is 3.17. The topological polar surface area (TPSA) is 64.8 Å². The minimum absolute atomic E-state index is 0.0681. The van der Waals surface area contributed by atoms with Gasteiger partial charge in [0.2, 0.25) is 0 Å². The minimum Gasteiger partial charge on any atom is -0.493 e. The van der Waals surface area contributed by atoms with Gasteiger partial charge in [-0.2, -0.15) is 0 Å². The van der Waals surface area contributed by atoms with Gasteiger partial charge in [0.15, 0.2) is 0 Å². The zero-order chi connectivity index (χ0) is 17.4. The molecule has 1 amide bonds. The summed E-state index contributed by atoms with van der Waals surface area (Å²) in [6.45, 7) is 4.62. The quantitative estimate of drug-likeness (QED) is 0.743. The average molecular weight is 334 g/mol. The number of likely N-dealkylation sites (tertiary alicyclic amines) is 1. The van der Waals surface area contributed by atoms with E-state index in [2.05, 4.69) is 0 Å². The van der Waals surface area contributed by atoms with E-state index in [1.54, 1.807) is 7.11 Å². The van der Waals surface area contributed by atoms with Crippen LogP contribution < -0.4 is 10.5 Å². The largest absolute Gasteiger partial charge is 0.493 e. The second-order valence-corrected chi connectivity index (χ2v) is 6.42. The van der Waals surface area contributed by atoms with Crippen LogP contribution >= 0.6 is 0 Å². The predicted molar refractivity (Wildman–Crippen MR) is 95.5 cm³/mol. The number of piperidine rings is 1. The van der Waals surface area contributed by atoms with Crippen LogP contribution in [-0.4, -0.2) is 50.3 Å². The zero-order valence-corrected chi connectivity index (χ0v) is 14.9. The summed E-state index contributed by atoms with van der Waals surface area (Å²) in [5.41, 5.74) is 7.28. The van der Waals surface area contributed by atoms with Gasteiger partial charge in [-0.25, -0.2) is 0 Å². The Labute approximate surface area is 145 Å². The Morgan fingerprint density at radius 2 is 2.17 bits per heavy atom. The van der Waals surface area contributed by atoms with Crippen molar-refractivity contribution in [3.05, 3.63) is 29.3 Å². The standard InChI is InChI=1S/C19H30N2O3/c1-15-7-8-17(18(14-15)24-12-5-10-20)19(22)21-11-4-3-6-16(21)9-13-23-2/h7-8,14,16H,3-6,9-13,20H2,1-2H3/t16-/m1/s1. The van der Waals surface area contributed by atoms with Crippen molar-refractivity contribution in [2.75, 3.05) is 33.4 Å². The highest BCUT2D eigenvalue weighted by atomic mass is 16.5. The number of rotatable bonds is 8. The summed E-state index contributed by atoms with van der Waals surface area (Å²) in [7, 11) is 1.71. The van der Waals surface area contributed by atoms with Crippen molar-refractivity contribution in [1.29, 1.82) is 0 Å². The summed E-state index contributed by atoms with van der Waals surface area (Å²) in [5.74, 6) is 0.739. The molecule has 0 unspecified atom stereocenters. The molecule has 0 aliphatic carbocycles. The van der Waals surface area contributed by atoms with Crippen molar-refractivity contribution >= 4 is 5.91 Å². The van der Waals surface area contributed by atoms with E-state index in [1.165, 1.54) is 6.42 Å². The Kier molecular flexibility index (Phi) is 7.53. The molecule has 0 radical (unpaired) electrons. The second-order valence-electron chi connectivity index (χ2n) is 6.42. The van der Waals surface area contributed by atoms with Gasteiger partial charge in [-0.05, 0) is 63.3 Å². The maximum absolute atomic E-state index is 13.1. The molecule has 2 N–H and O–H groups in total. The first kappa shape index (κ1) is 18.7. The van der Waals surface area contributed by atoms with Crippen LogP contribution in [0.2, 0.25) is 0 Å². The lowest BCUT2D eigenvalue weighted by Crippen LogP contribution is -2.44. The van der Waals surface area contributed by atoms with E-state index in [9.17, 15) is 4.79 Å². The first-order chi connectivity index (χ1) is 11.7. The van der Waals surface area contributed by atoms with Crippen LogP contribution in [0, 0.1) is 6.92 Å². The molecule has 0 bridgehead atoms. The van der Waals surface area contributed by atoms with Gasteiger partial charge in [-0.3, -0.25) is 4.79 Å². The number of hydrogen-bond acceptors (Lipinski definition) is 4. The number of hydrogen-bond donors (Lipinski definition) is 1. The third-order valence-corrected chi connectivity index (χ3v) is 4.52. The zero-order valence-electron chi connectivity index (χ0n) is 14.9. The Bertz CT molecular complexity index is 533. The molecule has 24 heavy (non-hydrogen) atoms. The molecule has 134 valence electrons. The molecule has 5 nitrogen and oxygen atoms in total. The molecular formula is C19H30N2O3. The number of benzene rings is 1. The van der Waals surface area contributed by atoms with Crippen LogP contribution in [0.5, 0.6) is 5.75 Å². The number of nitrogens with zero attached hydrogens (tertiary/aromatic N) is 1. The van der Waals surface area contributed by atoms with E-state index in [4.69, 9.17) is 15.2 Å². The predicted octanol–water partition coefficient (Wildman–Crippen LogP) is 2.75. The van der Waals surface area contributed by atoms with Crippen LogP contribution in [0.25, 0.3) is 0 Å². The normalized spacial score (nSPS) is 17.8. The Balaban J connectivity index is 2.17. The highest BCUT2D eigenvalue weighted by molar-refractivity contribution is 5.97. The second kappa shape index (κ2) is 9.64. The average Bonchev–Trinajstić information content (AvgIpc) is 2.60. The van der Waals surface area contributed by atoms with Gasteiger partial charge in [0.05, 0.1) is 12.2 Å². The molecule has 0 spiro atoms. The van der Waals surface area contributed by atoms with E-state index < -0.39 is 0 Å². The lowest BCUT2D eigenvalue weighted by Gasteiger charge is -2.36. The summed E-state index contributed by atoms with van der Waals surface area (Å²) < 4.78 is 11.0.